The highest BCUT2D eigenvalue weighted by atomic mass is 16.5. The predicted molar refractivity (Wildman–Crippen MR) is 99.1 cm³/mol. The van der Waals surface area contributed by atoms with Gasteiger partial charge in [0.25, 0.3) is 5.91 Å². The minimum Gasteiger partial charge on any atom is -0.456 e. The SMILES string of the molecule is CC(C)c1ccccc1NC(=O)COC(=O)CCCN1C(=O)CN(C)C1=O. The van der Waals surface area contributed by atoms with Gasteiger partial charge in [0.2, 0.25) is 5.91 Å². The lowest BCUT2D eigenvalue weighted by Gasteiger charge is -2.14. The number of esters is 1. The van der Waals surface area contributed by atoms with Crippen LogP contribution in [0.4, 0.5) is 10.5 Å². The van der Waals surface area contributed by atoms with Crippen molar-refractivity contribution in [3.63, 3.8) is 0 Å². The summed E-state index contributed by atoms with van der Waals surface area (Å²) in [5.74, 6) is -0.990. The number of imide groups is 1. The van der Waals surface area contributed by atoms with E-state index < -0.39 is 11.9 Å². The van der Waals surface area contributed by atoms with Crippen LogP contribution in [0.3, 0.4) is 0 Å². The Balaban J connectivity index is 1.72. The average molecular weight is 375 g/mol. The summed E-state index contributed by atoms with van der Waals surface area (Å²) in [4.78, 5) is 49.6. The van der Waals surface area contributed by atoms with Gasteiger partial charge in [-0.15, -0.1) is 0 Å². The van der Waals surface area contributed by atoms with Gasteiger partial charge < -0.3 is 15.0 Å². The van der Waals surface area contributed by atoms with Crippen molar-refractivity contribution in [2.45, 2.75) is 32.6 Å². The van der Waals surface area contributed by atoms with Crippen molar-refractivity contribution in [1.82, 2.24) is 9.80 Å². The lowest BCUT2D eigenvalue weighted by atomic mass is 10.0. The molecule has 2 rings (SSSR count). The second-order valence-corrected chi connectivity index (χ2v) is 6.74. The summed E-state index contributed by atoms with van der Waals surface area (Å²) >= 11 is 0. The molecule has 1 heterocycles. The van der Waals surface area contributed by atoms with Crippen LogP contribution in [0, 0.1) is 0 Å². The zero-order chi connectivity index (χ0) is 20.0. The molecule has 1 aromatic rings. The molecule has 0 aromatic heterocycles. The number of nitrogens with zero attached hydrogens (tertiary/aromatic N) is 2. The van der Waals surface area contributed by atoms with E-state index in [4.69, 9.17) is 4.74 Å². The molecule has 1 aromatic carbocycles. The number of benzene rings is 1. The topological polar surface area (TPSA) is 96.0 Å². The maximum Gasteiger partial charge on any atom is 0.326 e. The zero-order valence-corrected chi connectivity index (χ0v) is 15.9. The molecule has 0 bridgehead atoms. The summed E-state index contributed by atoms with van der Waals surface area (Å²) in [6, 6.07) is 7.10. The Kier molecular flexibility index (Phi) is 6.92. The number of anilines is 1. The number of ether oxygens (including phenoxy) is 1. The fraction of sp³-hybridized carbons (Fsp3) is 0.474. The monoisotopic (exact) mass is 375 g/mol. The summed E-state index contributed by atoms with van der Waals surface area (Å²) < 4.78 is 4.97. The molecule has 27 heavy (non-hydrogen) atoms. The van der Waals surface area contributed by atoms with Crippen LogP contribution in [-0.4, -0.2) is 60.4 Å². The van der Waals surface area contributed by atoms with Gasteiger partial charge in [-0.3, -0.25) is 19.3 Å². The summed E-state index contributed by atoms with van der Waals surface area (Å²) in [6.45, 7) is 3.89. The van der Waals surface area contributed by atoms with Crippen molar-refractivity contribution in [1.29, 1.82) is 0 Å². The van der Waals surface area contributed by atoms with Gasteiger partial charge in [0.1, 0.15) is 6.54 Å². The van der Waals surface area contributed by atoms with Crippen LogP contribution in [-0.2, 0) is 19.1 Å². The van der Waals surface area contributed by atoms with E-state index in [1.165, 1.54) is 4.90 Å². The van der Waals surface area contributed by atoms with Crippen molar-refractivity contribution >= 4 is 29.5 Å². The Morgan fingerprint density at radius 2 is 1.93 bits per heavy atom. The third-order valence-electron chi connectivity index (χ3n) is 4.21. The Labute approximate surface area is 158 Å². The molecule has 0 saturated carbocycles. The third-order valence-corrected chi connectivity index (χ3v) is 4.21. The first-order valence-corrected chi connectivity index (χ1v) is 8.89. The van der Waals surface area contributed by atoms with E-state index in [-0.39, 0.29) is 44.0 Å². The standard InChI is InChI=1S/C19H25N3O5/c1-13(2)14-7-4-5-8-15(14)20-16(23)12-27-18(25)9-6-10-22-17(24)11-21(3)19(22)26/h4-5,7-8,13H,6,9-12H2,1-3H3,(H,20,23). The number of para-hydroxylation sites is 1. The molecule has 0 atom stereocenters. The number of nitrogens with one attached hydrogen (secondary N) is 1. The van der Waals surface area contributed by atoms with Crippen LogP contribution < -0.4 is 5.32 Å². The summed E-state index contributed by atoms with van der Waals surface area (Å²) in [5.41, 5.74) is 1.70. The summed E-state index contributed by atoms with van der Waals surface area (Å²) in [5, 5.41) is 2.75. The number of hydrogen-bond donors (Lipinski definition) is 1. The Morgan fingerprint density at radius 1 is 1.22 bits per heavy atom. The number of carbonyl (C=O) groups is 4. The first kappa shape index (κ1) is 20.4. The van der Waals surface area contributed by atoms with Gasteiger partial charge in [0, 0.05) is 25.7 Å². The molecule has 1 aliphatic rings. The summed E-state index contributed by atoms with van der Waals surface area (Å²) in [7, 11) is 1.55. The maximum absolute atomic E-state index is 12.0. The lowest BCUT2D eigenvalue weighted by molar-refractivity contribution is -0.147. The van der Waals surface area contributed by atoms with Gasteiger partial charge in [-0.25, -0.2) is 4.79 Å². The Hall–Kier alpha value is -2.90. The second kappa shape index (κ2) is 9.16. The molecule has 4 amide bonds. The van der Waals surface area contributed by atoms with E-state index in [0.717, 1.165) is 10.5 Å². The molecule has 1 N–H and O–H groups in total. The number of likely N-dealkylation sites (N-methyl/N-ethyl adjacent to an activating group) is 1. The number of rotatable bonds is 8. The molecular weight excluding hydrogens is 350 g/mol. The molecule has 0 unspecified atom stereocenters. The van der Waals surface area contributed by atoms with Gasteiger partial charge in [0.15, 0.2) is 6.61 Å². The van der Waals surface area contributed by atoms with Crippen molar-refractivity contribution in [3.05, 3.63) is 29.8 Å². The molecule has 1 saturated heterocycles. The Bertz CT molecular complexity index is 732. The van der Waals surface area contributed by atoms with E-state index >= 15 is 0 Å². The molecule has 8 nitrogen and oxygen atoms in total. The molecule has 0 radical (unpaired) electrons. The van der Waals surface area contributed by atoms with Crippen LogP contribution in [0.2, 0.25) is 0 Å². The van der Waals surface area contributed by atoms with E-state index in [0.29, 0.717) is 12.1 Å². The van der Waals surface area contributed by atoms with Crippen LogP contribution in [0.1, 0.15) is 38.2 Å². The van der Waals surface area contributed by atoms with E-state index in [1.807, 2.05) is 32.0 Å². The van der Waals surface area contributed by atoms with Gasteiger partial charge in [-0.2, -0.15) is 0 Å². The highest BCUT2D eigenvalue weighted by Crippen LogP contribution is 2.23. The van der Waals surface area contributed by atoms with Crippen LogP contribution >= 0.6 is 0 Å². The Morgan fingerprint density at radius 3 is 2.56 bits per heavy atom. The largest absolute Gasteiger partial charge is 0.456 e. The van der Waals surface area contributed by atoms with Gasteiger partial charge >= 0.3 is 12.0 Å². The molecule has 8 heteroatoms. The lowest BCUT2D eigenvalue weighted by Crippen LogP contribution is -2.32. The van der Waals surface area contributed by atoms with Gasteiger partial charge in [-0.05, 0) is 24.0 Å². The fourth-order valence-corrected chi connectivity index (χ4v) is 2.79. The highest BCUT2D eigenvalue weighted by Gasteiger charge is 2.32. The van der Waals surface area contributed by atoms with Crippen LogP contribution in [0.25, 0.3) is 0 Å². The molecule has 1 fully saturated rings. The van der Waals surface area contributed by atoms with Crippen LogP contribution in [0.15, 0.2) is 24.3 Å². The minimum absolute atomic E-state index is 0.0244. The predicted octanol–water partition coefficient (Wildman–Crippen LogP) is 1.97. The molecular formula is C19H25N3O5. The number of urea groups is 1. The van der Waals surface area contributed by atoms with Gasteiger partial charge in [0.05, 0.1) is 0 Å². The second-order valence-electron chi connectivity index (χ2n) is 6.74. The van der Waals surface area contributed by atoms with Crippen molar-refractivity contribution < 1.29 is 23.9 Å². The maximum atomic E-state index is 12.0. The van der Waals surface area contributed by atoms with Crippen LogP contribution in [0.5, 0.6) is 0 Å². The van der Waals surface area contributed by atoms with Crippen molar-refractivity contribution in [2.75, 3.05) is 32.1 Å². The molecule has 0 aliphatic carbocycles. The van der Waals surface area contributed by atoms with Gasteiger partial charge in [-0.1, -0.05) is 32.0 Å². The summed E-state index contributed by atoms with van der Waals surface area (Å²) in [6.07, 6.45) is 0.318. The zero-order valence-electron chi connectivity index (χ0n) is 15.9. The average Bonchev–Trinajstić information content (AvgIpc) is 2.86. The molecule has 1 aliphatic heterocycles. The first-order valence-electron chi connectivity index (χ1n) is 8.89. The first-order chi connectivity index (χ1) is 12.8. The molecule has 146 valence electrons. The number of carbonyl (C=O) groups excluding carboxylic acids is 4. The van der Waals surface area contributed by atoms with Crippen molar-refractivity contribution in [3.8, 4) is 0 Å². The normalized spacial score (nSPS) is 14.1. The molecule has 0 spiro atoms. The number of hydrogen-bond acceptors (Lipinski definition) is 5. The number of amides is 4. The van der Waals surface area contributed by atoms with E-state index in [2.05, 4.69) is 5.32 Å². The van der Waals surface area contributed by atoms with E-state index in [9.17, 15) is 19.2 Å². The highest BCUT2D eigenvalue weighted by molar-refractivity contribution is 6.01. The fourth-order valence-electron chi connectivity index (χ4n) is 2.79. The van der Waals surface area contributed by atoms with E-state index in [1.54, 1.807) is 13.1 Å². The smallest absolute Gasteiger partial charge is 0.326 e. The third kappa shape index (κ3) is 5.54. The minimum atomic E-state index is -0.547. The quantitative estimate of drug-likeness (QED) is 0.553. The van der Waals surface area contributed by atoms with Crippen molar-refractivity contribution in [2.24, 2.45) is 0 Å².